The molecule has 1 aliphatic carbocycles. The number of hydrogen-bond acceptors (Lipinski definition) is 3. The second-order valence-electron chi connectivity index (χ2n) is 10.3. The van der Waals surface area contributed by atoms with Crippen molar-refractivity contribution in [1.82, 2.24) is 9.97 Å². The van der Waals surface area contributed by atoms with Gasteiger partial charge in [-0.2, -0.15) is 0 Å². The molecule has 1 aliphatic rings. The molecule has 0 spiro atoms. The lowest BCUT2D eigenvalue weighted by atomic mass is 9.87. The van der Waals surface area contributed by atoms with Crippen molar-refractivity contribution in [3.8, 4) is 0 Å². The Morgan fingerprint density at radius 2 is 1.73 bits per heavy atom. The monoisotopic (exact) mass is 446 g/mol. The molecule has 1 amide bonds. The van der Waals surface area contributed by atoms with E-state index in [1.54, 1.807) is 0 Å². The van der Waals surface area contributed by atoms with Crippen molar-refractivity contribution < 1.29 is 4.79 Å². The van der Waals surface area contributed by atoms with Gasteiger partial charge < -0.3 is 15.2 Å². The Morgan fingerprint density at radius 3 is 2.33 bits per heavy atom. The van der Waals surface area contributed by atoms with Crippen molar-refractivity contribution >= 4 is 28.3 Å². The van der Waals surface area contributed by atoms with Gasteiger partial charge in [-0.05, 0) is 61.9 Å². The third-order valence-corrected chi connectivity index (χ3v) is 6.97. The van der Waals surface area contributed by atoms with Crippen LogP contribution in [0.4, 0.5) is 11.4 Å². The van der Waals surface area contributed by atoms with E-state index in [2.05, 4.69) is 74.1 Å². The average Bonchev–Trinajstić information content (AvgIpc) is 3.23. The highest BCUT2D eigenvalue weighted by Gasteiger charge is 2.21. The van der Waals surface area contributed by atoms with Gasteiger partial charge in [0.1, 0.15) is 5.82 Å². The number of carbonyl (C=O) groups excluding carboxylic acids is 1. The van der Waals surface area contributed by atoms with Crippen LogP contribution in [0.2, 0.25) is 0 Å². The molecule has 1 heterocycles. The lowest BCUT2D eigenvalue weighted by Crippen LogP contribution is -2.24. The first-order valence-electron chi connectivity index (χ1n) is 12.5. The fraction of sp³-hybridized carbons (Fsp3) is 0.500. The summed E-state index contributed by atoms with van der Waals surface area (Å²) in [4.78, 5) is 24.0. The Hall–Kier alpha value is -2.82. The molecule has 176 valence electrons. The number of anilines is 2. The van der Waals surface area contributed by atoms with Crippen LogP contribution in [0.3, 0.4) is 0 Å². The number of fused-ring (bicyclic) bond motifs is 1. The van der Waals surface area contributed by atoms with Crippen molar-refractivity contribution in [2.24, 2.45) is 0 Å². The predicted octanol–water partition coefficient (Wildman–Crippen LogP) is 7.01. The number of rotatable bonds is 6. The van der Waals surface area contributed by atoms with Crippen LogP contribution in [-0.2, 0) is 5.41 Å². The van der Waals surface area contributed by atoms with Crippen LogP contribution < -0.4 is 10.2 Å². The van der Waals surface area contributed by atoms with Crippen LogP contribution in [-0.4, -0.2) is 29.0 Å². The SMILES string of the molecule is CCN(CC)c1cc2nc(C3CCCCC3)[nH]c2cc1NC(=O)c1ccc(C(C)(C)C)cc1. The van der Waals surface area contributed by atoms with Gasteiger partial charge in [0.15, 0.2) is 0 Å². The average molecular weight is 447 g/mol. The molecule has 5 heteroatoms. The molecule has 0 aliphatic heterocycles. The van der Waals surface area contributed by atoms with E-state index in [4.69, 9.17) is 4.98 Å². The minimum atomic E-state index is -0.0877. The van der Waals surface area contributed by atoms with Gasteiger partial charge in [0, 0.05) is 24.6 Å². The molecule has 0 radical (unpaired) electrons. The molecule has 5 nitrogen and oxygen atoms in total. The van der Waals surface area contributed by atoms with Crippen molar-refractivity contribution in [2.75, 3.05) is 23.3 Å². The molecule has 3 aromatic rings. The molecule has 1 aromatic heterocycles. The normalized spacial score (nSPS) is 15.1. The number of nitrogens with one attached hydrogen (secondary N) is 2. The second kappa shape index (κ2) is 9.58. The van der Waals surface area contributed by atoms with E-state index in [9.17, 15) is 4.79 Å². The standard InChI is InChI=1S/C28H38N4O/c1-6-32(7-2)25-18-23-22(29-26(30-23)19-11-9-8-10-12-19)17-24(25)31-27(33)20-13-15-21(16-14-20)28(3,4)5/h13-19H,6-12H2,1-5H3,(H,29,30)(H,31,33). The van der Waals surface area contributed by atoms with Crippen LogP contribution in [0.1, 0.15) is 94.4 Å². The first kappa shape index (κ1) is 23.3. The highest BCUT2D eigenvalue weighted by molar-refractivity contribution is 6.07. The minimum Gasteiger partial charge on any atom is -0.370 e. The zero-order valence-electron chi connectivity index (χ0n) is 20.8. The van der Waals surface area contributed by atoms with E-state index in [0.717, 1.165) is 41.3 Å². The zero-order chi connectivity index (χ0) is 23.6. The van der Waals surface area contributed by atoms with Crippen LogP contribution >= 0.6 is 0 Å². The minimum absolute atomic E-state index is 0.0621. The van der Waals surface area contributed by atoms with Crippen LogP contribution in [0.15, 0.2) is 36.4 Å². The summed E-state index contributed by atoms with van der Waals surface area (Å²) < 4.78 is 0. The van der Waals surface area contributed by atoms with Crippen LogP contribution in [0.25, 0.3) is 11.0 Å². The van der Waals surface area contributed by atoms with E-state index in [0.29, 0.717) is 11.5 Å². The molecule has 0 atom stereocenters. The summed E-state index contributed by atoms with van der Waals surface area (Å²) in [6.07, 6.45) is 6.30. The molecule has 2 aromatic carbocycles. The van der Waals surface area contributed by atoms with Gasteiger partial charge in [0.05, 0.1) is 22.4 Å². The first-order valence-corrected chi connectivity index (χ1v) is 12.5. The number of hydrogen-bond donors (Lipinski definition) is 2. The Morgan fingerprint density at radius 1 is 1.06 bits per heavy atom. The molecule has 0 saturated heterocycles. The Balaban J connectivity index is 1.66. The molecule has 1 fully saturated rings. The van der Waals surface area contributed by atoms with E-state index >= 15 is 0 Å². The number of carbonyl (C=O) groups is 1. The lowest BCUT2D eigenvalue weighted by Gasteiger charge is -2.24. The maximum absolute atomic E-state index is 13.2. The summed E-state index contributed by atoms with van der Waals surface area (Å²) in [7, 11) is 0. The topological polar surface area (TPSA) is 61.0 Å². The highest BCUT2D eigenvalue weighted by Crippen LogP contribution is 2.35. The zero-order valence-corrected chi connectivity index (χ0v) is 20.8. The van der Waals surface area contributed by atoms with E-state index in [1.807, 2.05) is 12.1 Å². The van der Waals surface area contributed by atoms with Gasteiger partial charge in [-0.15, -0.1) is 0 Å². The molecule has 4 rings (SSSR count). The number of imidazole rings is 1. The molecule has 0 bridgehead atoms. The largest absolute Gasteiger partial charge is 0.370 e. The highest BCUT2D eigenvalue weighted by atomic mass is 16.1. The maximum Gasteiger partial charge on any atom is 0.255 e. The third kappa shape index (κ3) is 5.07. The fourth-order valence-electron chi connectivity index (χ4n) is 4.88. The van der Waals surface area contributed by atoms with E-state index < -0.39 is 0 Å². The molecule has 33 heavy (non-hydrogen) atoms. The summed E-state index contributed by atoms with van der Waals surface area (Å²) in [5, 5.41) is 3.19. The number of aromatic amines is 1. The second-order valence-corrected chi connectivity index (χ2v) is 10.3. The van der Waals surface area contributed by atoms with E-state index in [1.165, 1.54) is 37.7 Å². The van der Waals surface area contributed by atoms with Crippen molar-refractivity contribution in [1.29, 1.82) is 0 Å². The van der Waals surface area contributed by atoms with Crippen LogP contribution in [0.5, 0.6) is 0 Å². The number of nitrogens with zero attached hydrogens (tertiary/aromatic N) is 2. The van der Waals surface area contributed by atoms with Gasteiger partial charge in [-0.1, -0.05) is 52.2 Å². The summed E-state index contributed by atoms with van der Waals surface area (Å²) in [6.45, 7) is 12.6. The quantitative estimate of drug-likeness (QED) is 0.428. The van der Waals surface area contributed by atoms with Gasteiger partial charge in [0.25, 0.3) is 5.91 Å². The molecular weight excluding hydrogens is 408 g/mol. The van der Waals surface area contributed by atoms with Crippen molar-refractivity contribution in [3.63, 3.8) is 0 Å². The summed E-state index contributed by atoms with van der Waals surface area (Å²) in [5.74, 6) is 1.52. The Labute approximate surface area is 198 Å². The molecule has 0 unspecified atom stereocenters. The molecule has 2 N–H and O–H groups in total. The summed E-state index contributed by atoms with van der Waals surface area (Å²) in [6, 6.07) is 12.1. The fourth-order valence-corrected chi connectivity index (χ4v) is 4.88. The smallest absolute Gasteiger partial charge is 0.255 e. The van der Waals surface area contributed by atoms with Gasteiger partial charge in [-0.3, -0.25) is 4.79 Å². The summed E-state index contributed by atoms with van der Waals surface area (Å²) >= 11 is 0. The first-order chi connectivity index (χ1) is 15.8. The molecule has 1 saturated carbocycles. The van der Waals surface area contributed by atoms with Crippen molar-refractivity contribution in [2.45, 2.75) is 78.1 Å². The van der Waals surface area contributed by atoms with Gasteiger partial charge >= 0.3 is 0 Å². The number of H-pyrrole nitrogens is 1. The Bertz CT molecular complexity index is 1100. The van der Waals surface area contributed by atoms with Gasteiger partial charge in [0.2, 0.25) is 0 Å². The molecular formula is C28H38N4O. The number of aromatic nitrogens is 2. The third-order valence-electron chi connectivity index (χ3n) is 6.97. The van der Waals surface area contributed by atoms with Crippen LogP contribution in [0, 0.1) is 0 Å². The number of benzene rings is 2. The van der Waals surface area contributed by atoms with Crippen molar-refractivity contribution in [3.05, 3.63) is 53.3 Å². The lowest BCUT2D eigenvalue weighted by molar-refractivity contribution is 0.102. The Kier molecular flexibility index (Phi) is 6.78. The number of amides is 1. The predicted molar refractivity (Wildman–Crippen MR) is 139 cm³/mol. The van der Waals surface area contributed by atoms with E-state index in [-0.39, 0.29) is 11.3 Å². The maximum atomic E-state index is 13.2. The van der Waals surface area contributed by atoms with Gasteiger partial charge in [-0.25, -0.2) is 4.98 Å². The summed E-state index contributed by atoms with van der Waals surface area (Å²) in [5.41, 5.74) is 5.77.